The lowest BCUT2D eigenvalue weighted by atomic mass is 10.2. The Bertz CT molecular complexity index is 549. The summed E-state index contributed by atoms with van der Waals surface area (Å²) in [5.74, 6) is 0.688. The first-order chi connectivity index (χ1) is 8.59. The van der Waals surface area contributed by atoms with Crippen LogP contribution >= 0.6 is 23.2 Å². The number of halogens is 2. The van der Waals surface area contributed by atoms with Gasteiger partial charge < -0.3 is 10.5 Å². The van der Waals surface area contributed by atoms with E-state index in [0.717, 1.165) is 11.1 Å². The lowest BCUT2D eigenvalue weighted by molar-refractivity contribution is 0.306. The molecule has 2 N–H and O–H groups in total. The molecule has 2 rings (SSSR count). The highest BCUT2D eigenvalue weighted by Crippen LogP contribution is 2.29. The van der Waals surface area contributed by atoms with Crippen LogP contribution in [0.15, 0.2) is 36.4 Å². The summed E-state index contributed by atoms with van der Waals surface area (Å²) in [7, 11) is 0. The van der Waals surface area contributed by atoms with E-state index in [4.69, 9.17) is 33.7 Å². The molecule has 0 aliphatic carbocycles. The van der Waals surface area contributed by atoms with Crippen molar-refractivity contribution >= 4 is 28.9 Å². The molecule has 94 valence electrons. The van der Waals surface area contributed by atoms with Crippen molar-refractivity contribution in [1.29, 1.82) is 0 Å². The average molecular weight is 282 g/mol. The maximum Gasteiger partial charge on any atom is 0.145 e. The Labute approximate surface area is 116 Å². The third-order valence-electron chi connectivity index (χ3n) is 2.65. The molecular weight excluding hydrogens is 269 g/mol. The number of nitrogen functional groups attached to an aromatic ring is 1. The molecule has 0 aromatic heterocycles. The zero-order valence-electron chi connectivity index (χ0n) is 9.91. The van der Waals surface area contributed by atoms with Gasteiger partial charge in [0.25, 0.3) is 0 Å². The van der Waals surface area contributed by atoms with Crippen molar-refractivity contribution in [2.24, 2.45) is 0 Å². The SMILES string of the molecule is Cc1cccc(N)c1OCc1cccc(Cl)c1Cl. The van der Waals surface area contributed by atoms with Crippen LogP contribution in [-0.2, 0) is 6.61 Å². The van der Waals surface area contributed by atoms with E-state index in [0.29, 0.717) is 28.1 Å². The monoisotopic (exact) mass is 281 g/mol. The first-order valence-electron chi connectivity index (χ1n) is 5.50. The van der Waals surface area contributed by atoms with Crippen LogP contribution < -0.4 is 10.5 Å². The molecule has 0 radical (unpaired) electrons. The number of anilines is 1. The summed E-state index contributed by atoms with van der Waals surface area (Å²) in [5, 5.41) is 1.04. The Kier molecular flexibility index (Phi) is 4.00. The zero-order valence-corrected chi connectivity index (χ0v) is 11.4. The van der Waals surface area contributed by atoms with Gasteiger partial charge in [0, 0.05) is 5.56 Å². The van der Waals surface area contributed by atoms with E-state index in [9.17, 15) is 0 Å². The highest BCUT2D eigenvalue weighted by atomic mass is 35.5. The van der Waals surface area contributed by atoms with Crippen LogP contribution in [-0.4, -0.2) is 0 Å². The minimum absolute atomic E-state index is 0.342. The Morgan fingerprint density at radius 2 is 1.83 bits per heavy atom. The van der Waals surface area contributed by atoms with E-state index in [1.807, 2.05) is 37.3 Å². The number of benzene rings is 2. The Hall–Kier alpha value is -1.38. The minimum Gasteiger partial charge on any atom is -0.486 e. The van der Waals surface area contributed by atoms with Crippen LogP contribution in [0, 0.1) is 6.92 Å². The fraction of sp³-hybridized carbons (Fsp3) is 0.143. The molecule has 0 aliphatic heterocycles. The number of aryl methyl sites for hydroxylation is 1. The van der Waals surface area contributed by atoms with Crippen LogP contribution in [0.25, 0.3) is 0 Å². The number of ether oxygens (including phenoxy) is 1. The first kappa shape index (κ1) is 13.1. The Balaban J connectivity index is 2.19. The number of rotatable bonds is 3. The number of nitrogens with two attached hydrogens (primary N) is 1. The Morgan fingerprint density at radius 1 is 1.11 bits per heavy atom. The molecule has 2 aromatic carbocycles. The van der Waals surface area contributed by atoms with Crippen molar-refractivity contribution in [3.8, 4) is 5.75 Å². The van der Waals surface area contributed by atoms with Gasteiger partial charge in [-0.2, -0.15) is 0 Å². The maximum atomic E-state index is 6.10. The summed E-state index contributed by atoms with van der Waals surface area (Å²) in [4.78, 5) is 0. The Morgan fingerprint density at radius 3 is 2.56 bits per heavy atom. The van der Waals surface area contributed by atoms with Gasteiger partial charge in [-0.25, -0.2) is 0 Å². The van der Waals surface area contributed by atoms with Crippen molar-refractivity contribution < 1.29 is 4.74 Å². The van der Waals surface area contributed by atoms with Crippen molar-refractivity contribution in [3.63, 3.8) is 0 Å². The molecule has 0 atom stereocenters. The van der Waals surface area contributed by atoms with Gasteiger partial charge in [0.15, 0.2) is 0 Å². The fourth-order valence-electron chi connectivity index (χ4n) is 1.68. The molecule has 0 amide bonds. The second-order valence-corrected chi connectivity index (χ2v) is 4.78. The van der Waals surface area contributed by atoms with Crippen molar-refractivity contribution in [3.05, 3.63) is 57.6 Å². The lowest BCUT2D eigenvalue weighted by Crippen LogP contribution is -2.01. The molecule has 2 nitrogen and oxygen atoms in total. The molecule has 0 unspecified atom stereocenters. The van der Waals surface area contributed by atoms with Gasteiger partial charge in [-0.05, 0) is 24.6 Å². The van der Waals surface area contributed by atoms with E-state index >= 15 is 0 Å². The molecule has 0 spiro atoms. The van der Waals surface area contributed by atoms with Crippen LogP contribution in [0.1, 0.15) is 11.1 Å². The van der Waals surface area contributed by atoms with E-state index in [2.05, 4.69) is 0 Å². The van der Waals surface area contributed by atoms with Gasteiger partial charge in [-0.3, -0.25) is 0 Å². The van der Waals surface area contributed by atoms with Gasteiger partial charge in [0.2, 0.25) is 0 Å². The lowest BCUT2D eigenvalue weighted by Gasteiger charge is -2.12. The third kappa shape index (κ3) is 2.71. The predicted molar refractivity (Wildman–Crippen MR) is 76.4 cm³/mol. The van der Waals surface area contributed by atoms with Gasteiger partial charge in [-0.1, -0.05) is 47.5 Å². The van der Waals surface area contributed by atoms with Crippen molar-refractivity contribution in [2.45, 2.75) is 13.5 Å². The molecule has 18 heavy (non-hydrogen) atoms. The van der Waals surface area contributed by atoms with Crippen molar-refractivity contribution in [2.75, 3.05) is 5.73 Å². The third-order valence-corrected chi connectivity index (χ3v) is 3.50. The van der Waals surface area contributed by atoms with Gasteiger partial charge >= 0.3 is 0 Å². The van der Waals surface area contributed by atoms with Crippen LogP contribution in [0.2, 0.25) is 10.0 Å². The summed E-state index contributed by atoms with van der Waals surface area (Å²) >= 11 is 12.0. The van der Waals surface area contributed by atoms with E-state index in [1.54, 1.807) is 6.07 Å². The van der Waals surface area contributed by atoms with E-state index < -0.39 is 0 Å². The van der Waals surface area contributed by atoms with Crippen LogP contribution in [0.3, 0.4) is 0 Å². The topological polar surface area (TPSA) is 35.2 Å². The van der Waals surface area contributed by atoms with E-state index in [-0.39, 0.29) is 0 Å². The van der Waals surface area contributed by atoms with Crippen LogP contribution in [0.4, 0.5) is 5.69 Å². The predicted octanol–water partition coefficient (Wildman–Crippen LogP) is 4.46. The van der Waals surface area contributed by atoms with E-state index in [1.165, 1.54) is 0 Å². The summed E-state index contributed by atoms with van der Waals surface area (Å²) in [6.07, 6.45) is 0. The standard InChI is InChI=1S/C14H13Cl2NO/c1-9-4-2-7-12(17)14(9)18-8-10-5-3-6-11(15)13(10)16/h2-7H,8,17H2,1H3. The zero-order chi connectivity index (χ0) is 13.1. The highest BCUT2D eigenvalue weighted by molar-refractivity contribution is 6.42. The van der Waals surface area contributed by atoms with Crippen molar-refractivity contribution in [1.82, 2.24) is 0 Å². The molecule has 0 saturated heterocycles. The second-order valence-electron chi connectivity index (χ2n) is 3.99. The largest absolute Gasteiger partial charge is 0.486 e. The molecule has 4 heteroatoms. The molecule has 0 bridgehead atoms. The van der Waals surface area contributed by atoms with Gasteiger partial charge in [-0.15, -0.1) is 0 Å². The normalized spacial score (nSPS) is 10.4. The maximum absolute atomic E-state index is 6.10. The fourth-order valence-corrected chi connectivity index (χ4v) is 2.06. The number of hydrogen-bond acceptors (Lipinski definition) is 2. The number of para-hydroxylation sites is 1. The summed E-state index contributed by atoms with van der Waals surface area (Å²) in [6.45, 7) is 2.29. The van der Waals surface area contributed by atoms with Crippen LogP contribution in [0.5, 0.6) is 5.75 Å². The summed E-state index contributed by atoms with van der Waals surface area (Å²) < 4.78 is 5.72. The molecule has 2 aromatic rings. The molecule has 0 fully saturated rings. The molecule has 0 aliphatic rings. The summed E-state index contributed by atoms with van der Waals surface area (Å²) in [5.41, 5.74) is 8.32. The minimum atomic E-state index is 0.342. The molecule has 0 heterocycles. The first-order valence-corrected chi connectivity index (χ1v) is 6.26. The van der Waals surface area contributed by atoms with Gasteiger partial charge in [0.05, 0.1) is 15.7 Å². The van der Waals surface area contributed by atoms with Gasteiger partial charge in [0.1, 0.15) is 12.4 Å². The molecule has 0 saturated carbocycles. The smallest absolute Gasteiger partial charge is 0.145 e. The second kappa shape index (κ2) is 5.51. The highest BCUT2D eigenvalue weighted by Gasteiger charge is 2.08. The molecular formula is C14H13Cl2NO. The quantitative estimate of drug-likeness (QED) is 0.843. The number of hydrogen-bond donors (Lipinski definition) is 1. The average Bonchev–Trinajstić information content (AvgIpc) is 2.33. The summed E-state index contributed by atoms with van der Waals surface area (Å²) in [6, 6.07) is 11.1.